The molecule has 0 radical (unpaired) electrons. The van der Waals surface area contributed by atoms with E-state index in [1.807, 2.05) is 48.5 Å². The number of anilines is 1. The van der Waals surface area contributed by atoms with E-state index in [1.165, 1.54) is 0 Å². The minimum atomic E-state index is -0.374. The van der Waals surface area contributed by atoms with Crippen LogP contribution in [0.15, 0.2) is 66.7 Å². The predicted octanol–water partition coefficient (Wildman–Crippen LogP) is 6.41. The zero-order valence-corrected chi connectivity index (χ0v) is 16.4. The summed E-state index contributed by atoms with van der Waals surface area (Å²) in [6.45, 7) is 0.378. The second kappa shape index (κ2) is 7.43. The molecule has 136 valence electrons. The van der Waals surface area contributed by atoms with Gasteiger partial charge in [-0.25, -0.2) is 0 Å². The Labute approximate surface area is 172 Å². The van der Waals surface area contributed by atoms with Crippen LogP contribution in [0.1, 0.15) is 27.7 Å². The number of amides is 1. The average molecular weight is 418 g/mol. The number of rotatable bonds is 4. The SMILES string of the molecule is O=C1c2ccccc2C(Nc2cc(Cl)ccc2Cl)N1Cc1ccccc1Cl. The molecule has 4 rings (SSSR count). The van der Waals surface area contributed by atoms with Gasteiger partial charge in [-0.1, -0.05) is 71.2 Å². The molecule has 1 heterocycles. The molecule has 3 aromatic rings. The number of nitrogens with one attached hydrogen (secondary N) is 1. The first kappa shape index (κ1) is 18.2. The Morgan fingerprint density at radius 2 is 1.63 bits per heavy atom. The molecular formula is C21H15Cl3N2O. The van der Waals surface area contributed by atoms with E-state index in [9.17, 15) is 4.79 Å². The van der Waals surface area contributed by atoms with E-state index in [-0.39, 0.29) is 12.1 Å². The summed E-state index contributed by atoms with van der Waals surface area (Å²) in [6, 6.07) is 20.3. The lowest BCUT2D eigenvalue weighted by Gasteiger charge is -2.28. The van der Waals surface area contributed by atoms with Crippen molar-refractivity contribution in [3.63, 3.8) is 0 Å². The number of hydrogen-bond acceptors (Lipinski definition) is 2. The van der Waals surface area contributed by atoms with Gasteiger partial charge in [-0.15, -0.1) is 0 Å². The van der Waals surface area contributed by atoms with Gasteiger partial charge < -0.3 is 10.2 Å². The number of carbonyl (C=O) groups excluding carboxylic acids is 1. The molecule has 6 heteroatoms. The highest BCUT2D eigenvalue weighted by molar-refractivity contribution is 6.35. The van der Waals surface area contributed by atoms with Crippen LogP contribution in [-0.4, -0.2) is 10.8 Å². The largest absolute Gasteiger partial charge is 0.360 e. The second-order valence-electron chi connectivity index (χ2n) is 6.28. The molecule has 0 spiro atoms. The summed E-state index contributed by atoms with van der Waals surface area (Å²) in [7, 11) is 0. The molecule has 1 atom stereocenters. The summed E-state index contributed by atoms with van der Waals surface area (Å²) >= 11 is 18.8. The minimum Gasteiger partial charge on any atom is -0.360 e. The van der Waals surface area contributed by atoms with E-state index < -0.39 is 0 Å². The molecule has 0 saturated heterocycles. The van der Waals surface area contributed by atoms with Gasteiger partial charge >= 0.3 is 0 Å². The van der Waals surface area contributed by atoms with Crippen LogP contribution in [0.3, 0.4) is 0 Å². The second-order valence-corrected chi connectivity index (χ2v) is 7.53. The van der Waals surface area contributed by atoms with Gasteiger partial charge in [-0.2, -0.15) is 0 Å². The van der Waals surface area contributed by atoms with Crippen molar-refractivity contribution < 1.29 is 4.79 Å². The van der Waals surface area contributed by atoms with E-state index in [4.69, 9.17) is 34.8 Å². The Bertz CT molecular complexity index is 1020. The summed E-state index contributed by atoms with van der Waals surface area (Å²) in [6.07, 6.45) is -0.374. The Kier molecular flexibility index (Phi) is 5.00. The Hall–Kier alpha value is -2.20. The first-order chi connectivity index (χ1) is 13.0. The summed E-state index contributed by atoms with van der Waals surface area (Å²) < 4.78 is 0. The third-order valence-electron chi connectivity index (χ3n) is 4.58. The van der Waals surface area contributed by atoms with E-state index in [0.29, 0.717) is 32.9 Å². The zero-order valence-electron chi connectivity index (χ0n) is 14.1. The normalized spacial score (nSPS) is 15.7. The van der Waals surface area contributed by atoms with Crippen molar-refractivity contribution in [1.29, 1.82) is 0 Å². The lowest BCUT2D eigenvalue weighted by molar-refractivity contribution is 0.0729. The summed E-state index contributed by atoms with van der Waals surface area (Å²) in [5.74, 6) is -0.0545. The van der Waals surface area contributed by atoms with Crippen LogP contribution < -0.4 is 5.32 Å². The van der Waals surface area contributed by atoms with Crippen LogP contribution >= 0.6 is 34.8 Å². The number of carbonyl (C=O) groups is 1. The fraction of sp³-hybridized carbons (Fsp3) is 0.0952. The Balaban J connectivity index is 1.74. The molecule has 3 aromatic carbocycles. The van der Waals surface area contributed by atoms with E-state index in [0.717, 1.165) is 11.1 Å². The van der Waals surface area contributed by atoms with Gasteiger partial charge in [0.1, 0.15) is 6.17 Å². The number of hydrogen-bond donors (Lipinski definition) is 1. The maximum Gasteiger partial charge on any atom is 0.256 e. The third-order valence-corrected chi connectivity index (χ3v) is 5.51. The first-order valence-electron chi connectivity index (χ1n) is 8.39. The van der Waals surface area contributed by atoms with Crippen molar-refractivity contribution >= 4 is 46.4 Å². The monoisotopic (exact) mass is 416 g/mol. The van der Waals surface area contributed by atoms with E-state index >= 15 is 0 Å². The van der Waals surface area contributed by atoms with Crippen molar-refractivity contribution in [2.75, 3.05) is 5.32 Å². The number of halogens is 3. The van der Waals surface area contributed by atoms with Crippen LogP contribution in [0.4, 0.5) is 5.69 Å². The fourth-order valence-electron chi connectivity index (χ4n) is 3.25. The van der Waals surface area contributed by atoms with Crippen LogP contribution in [0.5, 0.6) is 0 Å². The highest BCUT2D eigenvalue weighted by Crippen LogP contribution is 2.38. The van der Waals surface area contributed by atoms with Gasteiger partial charge in [-0.05, 0) is 35.9 Å². The quantitative estimate of drug-likeness (QED) is 0.531. The molecule has 0 bridgehead atoms. The van der Waals surface area contributed by atoms with Crippen LogP contribution in [0, 0.1) is 0 Å². The summed E-state index contributed by atoms with van der Waals surface area (Å²) in [5, 5.41) is 5.10. The maximum atomic E-state index is 13.0. The van der Waals surface area contributed by atoms with Crippen LogP contribution in [-0.2, 0) is 6.54 Å². The van der Waals surface area contributed by atoms with Crippen LogP contribution in [0.2, 0.25) is 15.1 Å². The van der Waals surface area contributed by atoms with Gasteiger partial charge in [0.05, 0.1) is 10.7 Å². The summed E-state index contributed by atoms with van der Waals surface area (Å²) in [5.41, 5.74) is 3.11. The van der Waals surface area contributed by atoms with E-state index in [1.54, 1.807) is 23.1 Å². The number of benzene rings is 3. The predicted molar refractivity (Wildman–Crippen MR) is 111 cm³/mol. The van der Waals surface area contributed by atoms with Crippen molar-refractivity contribution in [3.05, 3.63) is 98.5 Å². The Morgan fingerprint density at radius 1 is 0.889 bits per heavy atom. The molecule has 0 aliphatic carbocycles. The topological polar surface area (TPSA) is 32.3 Å². The smallest absolute Gasteiger partial charge is 0.256 e. The number of fused-ring (bicyclic) bond motifs is 1. The molecule has 3 nitrogen and oxygen atoms in total. The molecule has 1 aliphatic rings. The number of nitrogens with zero attached hydrogens (tertiary/aromatic N) is 1. The van der Waals surface area contributed by atoms with Crippen molar-refractivity contribution in [3.8, 4) is 0 Å². The third kappa shape index (κ3) is 3.51. The van der Waals surface area contributed by atoms with E-state index in [2.05, 4.69) is 5.32 Å². The van der Waals surface area contributed by atoms with Crippen molar-refractivity contribution in [2.24, 2.45) is 0 Å². The molecule has 1 N–H and O–H groups in total. The summed E-state index contributed by atoms with van der Waals surface area (Å²) in [4.78, 5) is 14.8. The van der Waals surface area contributed by atoms with Gasteiger partial charge in [0, 0.05) is 27.7 Å². The van der Waals surface area contributed by atoms with Crippen molar-refractivity contribution in [2.45, 2.75) is 12.7 Å². The first-order valence-corrected chi connectivity index (χ1v) is 9.53. The fourth-order valence-corrected chi connectivity index (χ4v) is 3.79. The van der Waals surface area contributed by atoms with Gasteiger partial charge in [0.25, 0.3) is 5.91 Å². The minimum absolute atomic E-state index is 0.0545. The zero-order chi connectivity index (χ0) is 19.0. The van der Waals surface area contributed by atoms with Gasteiger partial charge in [0.2, 0.25) is 0 Å². The average Bonchev–Trinajstić information content (AvgIpc) is 2.92. The molecule has 0 saturated carbocycles. The lowest BCUT2D eigenvalue weighted by Crippen LogP contribution is -2.32. The highest BCUT2D eigenvalue weighted by atomic mass is 35.5. The molecule has 27 heavy (non-hydrogen) atoms. The molecule has 1 unspecified atom stereocenters. The lowest BCUT2D eigenvalue weighted by atomic mass is 10.1. The highest BCUT2D eigenvalue weighted by Gasteiger charge is 2.36. The molecule has 1 amide bonds. The molecule has 0 aromatic heterocycles. The van der Waals surface area contributed by atoms with Crippen molar-refractivity contribution in [1.82, 2.24) is 4.90 Å². The maximum absolute atomic E-state index is 13.0. The van der Waals surface area contributed by atoms with Crippen LogP contribution in [0.25, 0.3) is 0 Å². The molecule has 0 fully saturated rings. The molecular weight excluding hydrogens is 403 g/mol. The van der Waals surface area contributed by atoms with Gasteiger partial charge in [0.15, 0.2) is 0 Å². The van der Waals surface area contributed by atoms with Gasteiger partial charge in [-0.3, -0.25) is 4.79 Å². The Morgan fingerprint density at radius 3 is 2.44 bits per heavy atom. The molecule has 1 aliphatic heterocycles. The standard InChI is InChI=1S/C21H15Cl3N2O/c22-14-9-10-18(24)19(11-14)25-20-15-6-2-3-7-16(15)21(27)26(20)12-13-5-1-4-8-17(13)23/h1-11,20,25H,12H2.